The van der Waals surface area contributed by atoms with Gasteiger partial charge in [-0.2, -0.15) is 0 Å². The van der Waals surface area contributed by atoms with Crippen LogP contribution in [-0.4, -0.2) is 13.6 Å². The molecule has 3 rings (SSSR count). The fourth-order valence-electron chi connectivity index (χ4n) is 2.99. The van der Waals surface area contributed by atoms with Crippen LogP contribution < -0.4 is 4.72 Å². The minimum Gasteiger partial charge on any atom is -0.337 e. The largest absolute Gasteiger partial charge is 0.337 e. The monoisotopic (exact) mass is 398 g/mol. The zero-order valence-electron chi connectivity index (χ0n) is 16.7. The standard InChI is InChI=1S/C22H26N2O3S/c1-5-15(2)14-18-10-12-19(13-11-18)20-8-6-7-9-21(20)28(25,26)24-22-16(3)17(4)23-27-22/h6-13,15,24H,5,14H2,1-4H3. The lowest BCUT2D eigenvalue weighted by molar-refractivity contribution is 0.430. The third-order valence-electron chi connectivity index (χ3n) is 5.11. The molecule has 0 saturated heterocycles. The first-order valence-electron chi connectivity index (χ1n) is 9.46. The normalized spacial score (nSPS) is 12.7. The Morgan fingerprint density at radius 1 is 1.07 bits per heavy atom. The summed E-state index contributed by atoms with van der Waals surface area (Å²) in [7, 11) is -3.82. The van der Waals surface area contributed by atoms with Gasteiger partial charge in [0.05, 0.1) is 10.6 Å². The van der Waals surface area contributed by atoms with Crippen molar-refractivity contribution in [2.45, 2.75) is 45.4 Å². The zero-order valence-corrected chi connectivity index (χ0v) is 17.5. The van der Waals surface area contributed by atoms with E-state index in [-0.39, 0.29) is 10.8 Å². The highest BCUT2D eigenvalue weighted by molar-refractivity contribution is 7.92. The number of hydrogen-bond acceptors (Lipinski definition) is 4. The minimum absolute atomic E-state index is 0.149. The summed E-state index contributed by atoms with van der Waals surface area (Å²) >= 11 is 0. The number of anilines is 1. The second-order valence-electron chi connectivity index (χ2n) is 7.24. The third kappa shape index (κ3) is 4.28. The molecule has 0 aliphatic heterocycles. The Kier molecular flexibility index (Phi) is 5.89. The van der Waals surface area contributed by atoms with Gasteiger partial charge in [-0.15, -0.1) is 0 Å². The summed E-state index contributed by atoms with van der Waals surface area (Å²) in [5, 5.41) is 3.81. The van der Waals surface area contributed by atoms with Gasteiger partial charge >= 0.3 is 0 Å². The third-order valence-corrected chi connectivity index (χ3v) is 6.50. The highest BCUT2D eigenvalue weighted by atomic mass is 32.2. The molecule has 2 aromatic carbocycles. The molecule has 1 atom stereocenters. The van der Waals surface area contributed by atoms with Gasteiger partial charge in [0, 0.05) is 11.1 Å². The summed E-state index contributed by atoms with van der Waals surface area (Å²) in [6.45, 7) is 7.96. The number of benzene rings is 2. The van der Waals surface area contributed by atoms with Crippen LogP contribution in [-0.2, 0) is 16.4 Å². The van der Waals surface area contributed by atoms with Crippen molar-refractivity contribution in [3.63, 3.8) is 0 Å². The summed E-state index contributed by atoms with van der Waals surface area (Å²) in [5.74, 6) is 0.771. The maximum absolute atomic E-state index is 13.0. The van der Waals surface area contributed by atoms with Crippen LogP contribution in [0.25, 0.3) is 11.1 Å². The van der Waals surface area contributed by atoms with E-state index in [4.69, 9.17) is 4.52 Å². The van der Waals surface area contributed by atoms with Crippen LogP contribution in [0.4, 0.5) is 5.88 Å². The molecular formula is C22H26N2O3S. The van der Waals surface area contributed by atoms with Gasteiger partial charge in [0.15, 0.2) is 0 Å². The van der Waals surface area contributed by atoms with Crippen LogP contribution in [0.3, 0.4) is 0 Å². The Hall–Kier alpha value is -2.60. The Balaban J connectivity index is 1.93. The number of rotatable bonds is 7. The molecule has 1 unspecified atom stereocenters. The molecule has 0 saturated carbocycles. The maximum atomic E-state index is 13.0. The minimum atomic E-state index is -3.82. The van der Waals surface area contributed by atoms with Crippen molar-refractivity contribution in [3.05, 3.63) is 65.4 Å². The first-order valence-corrected chi connectivity index (χ1v) is 10.9. The van der Waals surface area contributed by atoms with Crippen LogP contribution >= 0.6 is 0 Å². The molecule has 3 aromatic rings. The fourth-order valence-corrected chi connectivity index (χ4v) is 4.27. The van der Waals surface area contributed by atoms with Crippen LogP contribution in [0, 0.1) is 19.8 Å². The number of nitrogens with zero attached hydrogens (tertiary/aromatic N) is 1. The molecule has 28 heavy (non-hydrogen) atoms. The highest BCUT2D eigenvalue weighted by Gasteiger charge is 2.22. The van der Waals surface area contributed by atoms with Crippen molar-refractivity contribution in [1.82, 2.24) is 5.16 Å². The van der Waals surface area contributed by atoms with E-state index in [0.29, 0.717) is 22.7 Å². The van der Waals surface area contributed by atoms with E-state index in [2.05, 4.69) is 35.9 Å². The van der Waals surface area contributed by atoms with E-state index in [1.807, 2.05) is 24.3 Å². The smallest absolute Gasteiger partial charge is 0.264 e. The Bertz CT molecular complexity index is 1050. The molecule has 0 aliphatic carbocycles. The number of hydrogen-bond donors (Lipinski definition) is 1. The first kappa shape index (κ1) is 20.1. The molecule has 6 heteroatoms. The molecule has 0 bridgehead atoms. The SMILES string of the molecule is CCC(C)Cc1ccc(-c2ccccc2S(=O)(=O)Nc2onc(C)c2C)cc1. The van der Waals surface area contributed by atoms with E-state index in [1.165, 1.54) is 5.56 Å². The average molecular weight is 399 g/mol. The fraction of sp³-hybridized carbons (Fsp3) is 0.318. The number of aromatic nitrogens is 1. The Morgan fingerprint density at radius 2 is 1.75 bits per heavy atom. The molecule has 0 fully saturated rings. The molecule has 0 amide bonds. The van der Waals surface area contributed by atoms with Crippen molar-refractivity contribution in [3.8, 4) is 11.1 Å². The molecule has 5 nitrogen and oxygen atoms in total. The lowest BCUT2D eigenvalue weighted by atomic mass is 9.97. The first-order chi connectivity index (χ1) is 13.3. The van der Waals surface area contributed by atoms with Gasteiger partial charge in [-0.25, -0.2) is 13.1 Å². The van der Waals surface area contributed by atoms with Crippen LogP contribution in [0.5, 0.6) is 0 Å². The Morgan fingerprint density at radius 3 is 2.36 bits per heavy atom. The van der Waals surface area contributed by atoms with E-state index >= 15 is 0 Å². The summed E-state index contributed by atoms with van der Waals surface area (Å²) in [6, 6.07) is 15.1. The number of nitrogens with one attached hydrogen (secondary N) is 1. The van der Waals surface area contributed by atoms with Crippen molar-refractivity contribution >= 4 is 15.9 Å². The second kappa shape index (κ2) is 8.19. The summed E-state index contributed by atoms with van der Waals surface area (Å²) in [5.41, 5.74) is 4.10. The topological polar surface area (TPSA) is 72.2 Å². The molecule has 148 valence electrons. The lowest BCUT2D eigenvalue weighted by Gasteiger charge is -2.13. The summed E-state index contributed by atoms with van der Waals surface area (Å²) in [6.07, 6.45) is 2.15. The van der Waals surface area contributed by atoms with Gasteiger partial charge in [-0.05, 0) is 43.4 Å². The lowest BCUT2D eigenvalue weighted by Crippen LogP contribution is -2.14. The molecule has 1 N–H and O–H groups in total. The van der Waals surface area contributed by atoms with Crippen molar-refractivity contribution in [1.29, 1.82) is 0 Å². The van der Waals surface area contributed by atoms with Crippen molar-refractivity contribution in [2.75, 3.05) is 4.72 Å². The van der Waals surface area contributed by atoms with Crippen molar-refractivity contribution < 1.29 is 12.9 Å². The van der Waals surface area contributed by atoms with Crippen LogP contribution in [0.2, 0.25) is 0 Å². The molecule has 0 aliphatic rings. The predicted octanol–water partition coefficient (Wildman–Crippen LogP) is 5.35. The molecule has 1 heterocycles. The number of aryl methyl sites for hydroxylation is 1. The summed E-state index contributed by atoms with van der Waals surface area (Å²) in [4.78, 5) is 0.207. The van der Waals surface area contributed by atoms with Crippen LogP contribution in [0.15, 0.2) is 57.9 Å². The quantitative estimate of drug-likeness (QED) is 0.582. The van der Waals surface area contributed by atoms with Gasteiger partial charge in [0.25, 0.3) is 10.0 Å². The molecular weight excluding hydrogens is 372 g/mol. The van der Waals surface area contributed by atoms with Gasteiger partial charge < -0.3 is 4.52 Å². The molecule has 0 spiro atoms. The summed E-state index contributed by atoms with van der Waals surface area (Å²) < 4.78 is 33.7. The highest BCUT2D eigenvalue weighted by Crippen LogP contribution is 2.30. The van der Waals surface area contributed by atoms with Gasteiger partial charge in [-0.1, -0.05) is 67.9 Å². The second-order valence-corrected chi connectivity index (χ2v) is 8.89. The predicted molar refractivity (Wildman–Crippen MR) is 112 cm³/mol. The zero-order chi connectivity index (χ0) is 20.3. The van der Waals surface area contributed by atoms with Gasteiger partial charge in [0.2, 0.25) is 5.88 Å². The maximum Gasteiger partial charge on any atom is 0.264 e. The molecule has 0 radical (unpaired) electrons. The number of sulfonamides is 1. The van der Waals surface area contributed by atoms with E-state index in [0.717, 1.165) is 18.4 Å². The van der Waals surface area contributed by atoms with E-state index < -0.39 is 10.0 Å². The van der Waals surface area contributed by atoms with Gasteiger partial charge in [-0.3, -0.25) is 0 Å². The Labute approximate surface area is 166 Å². The van der Waals surface area contributed by atoms with Crippen LogP contribution in [0.1, 0.15) is 37.1 Å². The van der Waals surface area contributed by atoms with E-state index in [9.17, 15) is 8.42 Å². The van der Waals surface area contributed by atoms with Crippen molar-refractivity contribution in [2.24, 2.45) is 5.92 Å². The average Bonchev–Trinajstić information content (AvgIpc) is 3.00. The van der Waals surface area contributed by atoms with E-state index in [1.54, 1.807) is 26.0 Å². The molecule has 1 aromatic heterocycles. The van der Waals surface area contributed by atoms with Gasteiger partial charge in [0.1, 0.15) is 0 Å².